The summed E-state index contributed by atoms with van der Waals surface area (Å²) >= 11 is 0. The average molecular weight is 196 g/mol. The first-order valence-electron chi connectivity index (χ1n) is 4.17. The number of aryl methyl sites for hydroxylation is 3. The average Bonchev–Trinajstić information content (AvgIpc) is 2.65. The zero-order valence-electron chi connectivity index (χ0n) is 8.48. The van der Waals surface area contributed by atoms with Gasteiger partial charge in [0.15, 0.2) is 0 Å². The Kier molecular flexibility index (Phi) is 3.39. The predicted octanol–water partition coefficient (Wildman–Crippen LogP) is 1.29. The maximum Gasteiger partial charge on any atom is 0.230 e. The Morgan fingerprint density at radius 2 is 2.00 bits per heavy atom. The highest BCUT2D eigenvalue weighted by Gasteiger charge is 1.86. The molecule has 0 bridgehead atoms. The second-order valence-corrected chi connectivity index (χ2v) is 2.95. The molecule has 0 radical (unpaired) electrons. The topological polar surface area (TPSA) is 35.6 Å². The Labute approximate surface area is 82.0 Å². The van der Waals surface area contributed by atoms with E-state index < -0.39 is 5.95 Å². The quantitative estimate of drug-likeness (QED) is 0.636. The number of imidazole rings is 2. The lowest BCUT2D eigenvalue weighted by molar-refractivity contribution is 0.589. The summed E-state index contributed by atoms with van der Waals surface area (Å²) in [6.07, 6.45) is 6.43. The molecule has 0 spiro atoms. The van der Waals surface area contributed by atoms with Crippen LogP contribution in [-0.2, 0) is 14.1 Å². The van der Waals surface area contributed by atoms with E-state index in [1.807, 2.05) is 24.7 Å². The minimum Gasteiger partial charge on any atom is -0.338 e. The maximum atomic E-state index is 11.8. The molecular formula is C9H13FN4. The number of hydrogen-bond donors (Lipinski definition) is 0. The molecule has 0 aliphatic rings. The van der Waals surface area contributed by atoms with E-state index in [9.17, 15) is 4.39 Å². The number of halogens is 1. The monoisotopic (exact) mass is 196 g/mol. The molecule has 0 fully saturated rings. The third-order valence-electron chi connectivity index (χ3n) is 1.74. The summed E-state index contributed by atoms with van der Waals surface area (Å²) in [7, 11) is 3.69. The fourth-order valence-electron chi connectivity index (χ4n) is 0.821. The lowest BCUT2D eigenvalue weighted by Crippen LogP contribution is -1.86. The van der Waals surface area contributed by atoms with Crippen LogP contribution < -0.4 is 0 Å². The van der Waals surface area contributed by atoms with Crippen LogP contribution in [0.25, 0.3) is 0 Å². The third kappa shape index (κ3) is 3.01. The molecule has 14 heavy (non-hydrogen) atoms. The van der Waals surface area contributed by atoms with Crippen molar-refractivity contribution in [1.29, 1.82) is 0 Å². The van der Waals surface area contributed by atoms with Crippen molar-refractivity contribution >= 4 is 0 Å². The lowest BCUT2D eigenvalue weighted by atomic mass is 10.7. The molecule has 0 aliphatic carbocycles. The smallest absolute Gasteiger partial charge is 0.230 e. The first kappa shape index (κ1) is 10.4. The number of hydrogen-bond acceptors (Lipinski definition) is 2. The van der Waals surface area contributed by atoms with Gasteiger partial charge in [0.25, 0.3) is 0 Å². The standard InChI is InChI=1S/C5H8N2.C4H5FN2/c1-5-6-3-4-7(5)2;1-7-2-4(5)6-3-7/h3-4H,1-2H3;2-3H,1H3. The van der Waals surface area contributed by atoms with Crippen molar-refractivity contribution in [1.82, 2.24) is 19.1 Å². The molecule has 0 aromatic carbocycles. The third-order valence-corrected chi connectivity index (χ3v) is 1.74. The molecule has 5 heteroatoms. The molecule has 0 atom stereocenters. The summed E-state index contributed by atoms with van der Waals surface area (Å²) in [6.45, 7) is 1.97. The highest BCUT2D eigenvalue weighted by Crippen LogP contribution is 1.87. The summed E-state index contributed by atoms with van der Waals surface area (Å²) in [5, 5.41) is 0. The Bertz CT molecular complexity index is 358. The van der Waals surface area contributed by atoms with Crippen LogP contribution in [-0.4, -0.2) is 19.1 Å². The van der Waals surface area contributed by atoms with Gasteiger partial charge < -0.3 is 9.13 Å². The van der Waals surface area contributed by atoms with Crippen molar-refractivity contribution in [3.05, 3.63) is 36.7 Å². The molecule has 0 saturated carbocycles. The van der Waals surface area contributed by atoms with Crippen LogP contribution in [0.2, 0.25) is 0 Å². The molecule has 76 valence electrons. The van der Waals surface area contributed by atoms with Crippen molar-refractivity contribution in [2.45, 2.75) is 6.92 Å². The van der Waals surface area contributed by atoms with Gasteiger partial charge in [-0.15, -0.1) is 0 Å². The van der Waals surface area contributed by atoms with Crippen LogP contribution in [0, 0.1) is 12.9 Å². The minimum absolute atomic E-state index is 0.428. The number of nitrogens with zero attached hydrogens (tertiary/aromatic N) is 4. The molecule has 2 rings (SSSR count). The first-order chi connectivity index (χ1) is 6.59. The minimum atomic E-state index is -0.428. The number of rotatable bonds is 0. The van der Waals surface area contributed by atoms with Crippen LogP contribution in [0.15, 0.2) is 24.9 Å². The van der Waals surface area contributed by atoms with Crippen molar-refractivity contribution in [2.75, 3.05) is 0 Å². The van der Waals surface area contributed by atoms with Gasteiger partial charge in [0, 0.05) is 26.5 Å². The summed E-state index contributed by atoms with van der Waals surface area (Å²) in [6, 6.07) is 0. The van der Waals surface area contributed by atoms with Gasteiger partial charge in [-0.3, -0.25) is 0 Å². The van der Waals surface area contributed by atoms with Crippen molar-refractivity contribution in [3.8, 4) is 0 Å². The van der Waals surface area contributed by atoms with E-state index in [1.54, 1.807) is 17.8 Å². The molecule has 4 nitrogen and oxygen atoms in total. The van der Waals surface area contributed by atoms with E-state index in [0.29, 0.717) is 0 Å². The van der Waals surface area contributed by atoms with E-state index >= 15 is 0 Å². The van der Waals surface area contributed by atoms with Crippen LogP contribution in [0.5, 0.6) is 0 Å². The predicted molar refractivity (Wildman–Crippen MR) is 51.1 cm³/mol. The van der Waals surface area contributed by atoms with E-state index in [4.69, 9.17) is 0 Å². The molecule has 0 aliphatic heterocycles. The second-order valence-electron chi connectivity index (χ2n) is 2.95. The summed E-state index contributed by atoms with van der Waals surface area (Å²) < 4.78 is 15.3. The molecule has 0 unspecified atom stereocenters. The van der Waals surface area contributed by atoms with Crippen molar-refractivity contribution < 1.29 is 4.39 Å². The Morgan fingerprint density at radius 3 is 2.14 bits per heavy atom. The normalized spacial score (nSPS) is 9.43. The molecule has 0 saturated heterocycles. The highest BCUT2D eigenvalue weighted by molar-refractivity contribution is 4.85. The highest BCUT2D eigenvalue weighted by atomic mass is 19.1. The van der Waals surface area contributed by atoms with E-state index in [-0.39, 0.29) is 0 Å². The Hall–Kier alpha value is -1.65. The van der Waals surface area contributed by atoms with Crippen LogP contribution >= 0.6 is 0 Å². The van der Waals surface area contributed by atoms with Crippen LogP contribution in [0.1, 0.15) is 5.82 Å². The molecular weight excluding hydrogens is 183 g/mol. The molecule has 2 aromatic rings. The number of aromatic nitrogens is 4. The van der Waals surface area contributed by atoms with Crippen LogP contribution in [0.3, 0.4) is 0 Å². The van der Waals surface area contributed by atoms with Crippen molar-refractivity contribution in [2.24, 2.45) is 14.1 Å². The SMILES string of the molecule is Cc1nccn1C.Cn1cnc(F)c1. The fraction of sp³-hybridized carbons (Fsp3) is 0.333. The Balaban J connectivity index is 0.000000140. The van der Waals surface area contributed by atoms with Gasteiger partial charge in [0.05, 0.1) is 12.5 Å². The van der Waals surface area contributed by atoms with Gasteiger partial charge in [-0.2, -0.15) is 4.39 Å². The zero-order chi connectivity index (χ0) is 10.6. The summed E-state index contributed by atoms with van der Waals surface area (Å²) in [5.74, 6) is 0.627. The van der Waals surface area contributed by atoms with Crippen LogP contribution in [0.4, 0.5) is 4.39 Å². The molecule has 0 N–H and O–H groups in total. The largest absolute Gasteiger partial charge is 0.338 e. The first-order valence-corrected chi connectivity index (χ1v) is 4.17. The zero-order valence-corrected chi connectivity index (χ0v) is 8.48. The second kappa shape index (κ2) is 4.55. The molecule has 2 aromatic heterocycles. The van der Waals surface area contributed by atoms with Gasteiger partial charge in [0.2, 0.25) is 5.95 Å². The van der Waals surface area contributed by atoms with Gasteiger partial charge >= 0.3 is 0 Å². The summed E-state index contributed by atoms with van der Waals surface area (Å²) in [4.78, 5) is 7.29. The van der Waals surface area contributed by atoms with E-state index in [0.717, 1.165) is 5.82 Å². The molecule has 0 amide bonds. The summed E-state index contributed by atoms with van der Waals surface area (Å²) in [5.41, 5.74) is 0. The fourth-order valence-corrected chi connectivity index (χ4v) is 0.821. The van der Waals surface area contributed by atoms with E-state index in [1.165, 1.54) is 12.5 Å². The molecule has 2 heterocycles. The van der Waals surface area contributed by atoms with Gasteiger partial charge in [0.1, 0.15) is 5.82 Å². The van der Waals surface area contributed by atoms with E-state index in [2.05, 4.69) is 9.97 Å². The van der Waals surface area contributed by atoms with Gasteiger partial charge in [-0.25, -0.2) is 9.97 Å². The van der Waals surface area contributed by atoms with Crippen molar-refractivity contribution in [3.63, 3.8) is 0 Å². The lowest BCUT2D eigenvalue weighted by Gasteiger charge is -1.87. The van der Waals surface area contributed by atoms with Gasteiger partial charge in [-0.05, 0) is 6.92 Å². The maximum absolute atomic E-state index is 11.8. The Morgan fingerprint density at radius 1 is 1.29 bits per heavy atom. The van der Waals surface area contributed by atoms with Gasteiger partial charge in [-0.1, -0.05) is 0 Å².